The van der Waals surface area contributed by atoms with Gasteiger partial charge in [-0.25, -0.2) is 4.98 Å². The molecular weight excluding hydrogens is 432 g/mol. The van der Waals surface area contributed by atoms with E-state index >= 15 is 0 Å². The number of ether oxygens (including phenoxy) is 1. The molecule has 0 spiro atoms. The highest BCUT2D eigenvalue weighted by atomic mass is 16.5. The first-order valence-corrected chi connectivity index (χ1v) is 11.7. The molecular formula is C25H30N6O3. The number of rotatable bonds is 11. The third kappa shape index (κ3) is 6.48. The quantitative estimate of drug-likeness (QED) is 0.420. The van der Waals surface area contributed by atoms with Crippen molar-refractivity contribution in [1.29, 1.82) is 0 Å². The van der Waals surface area contributed by atoms with Crippen LogP contribution in [0, 0.1) is 6.92 Å². The molecule has 0 aromatic carbocycles. The zero-order valence-corrected chi connectivity index (χ0v) is 19.4. The highest BCUT2D eigenvalue weighted by Crippen LogP contribution is 2.17. The molecule has 9 nitrogen and oxygen atoms in total. The number of aryl methyl sites for hydroxylation is 2. The average Bonchev–Trinajstić information content (AvgIpc) is 3.53. The lowest BCUT2D eigenvalue weighted by Gasteiger charge is -2.14. The van der Waals surface area contributed by atoms with Gasteiger partial charge in [0.1, 0.15) is 6.61 Å². The first-order valence-electron chi connectivity index (χ1n) is 11.7. The number of hydrogen-bond donors (Lipinski definition) is 2. The Labute approximate surface area is 199 Å². The van der Waals surface area contributed by atoms with Crippen molar-refractivity contribution in [1.82, 2.24) is 25.1 Å². The number of nitrogens with one attached hydrogen (secondary N) is 2. The van der Waals surface area contributed by atoms with Gasteiger partial charge < -0.3 is 10.1 Å². The summed E-state index contributed by atoms with van der Waals surface area (Å²) in [6.45, 7) is 5.74. The summed E-state index contributed by atoms with van der Waals surface area (Å²) >= 11 is 0. The minimum absolute atomic E-state index is 0.131. The van der Waals surface area contributed by atoms with Gasteiger partial charge in [0.15, 0.2) is 11.5 Å². The third-order valence-electron chi connectivity index (χ3n) is 5.85. The minimum atomic E-state index is -0.336. The van der Waals surface area contributed by atoms with E-state index in [9.17, 15) is 9.59 Å². The Hall–Kier alpha value is -3.59. The van der Waals surface area contributed by atoms with Crippen LogP contribution >= 0.6 is 0 Å². The van der Waals surface area contributed by atoms with Crippen LogP contribution in [0.1, 0.15) is 57.8 Å². The Kier molecular flexibility index (Phi) is 7.98. The van der Waals surface area contributed by atoms with Crippen molar-refractivity contribution in [2.24, 2.45) is 0 Å². The van der Waals surface area contributed by atoms with Crippen LogP contribution in [0.4, 0.5) is 5.69 Å². The van der Waals surface area contributed by atoms with Crippen LogP contribution in [-0.2, 0) is 6.42 Å². The zero-order valence-electron chi connectivity index (χ0n) is 19.4. The highest BCUT2D eigenvalue weighted by molar-refractivity contribution is 6.08. The molecule has 0 radical (unpaired) electrons. The molecule has 1 saturated heterocycles. The maximum absolute atomic E-state index is 12.7. The molecule has 0 saturated carbocycles. The lowest BCUT2D eigenvalue weighted by atomic mass is 10.1. The van der Waals surface area contributed by atoms with Crippen LogP contribution in [-0.4, -0.2) is 63.0 Å². The van der Waals surface area contributed by atoms with Crippen LogP contribution in [0.25, 0.3) is 0 Å². The summed E-state index contributed by atoms with van der Waals surface area (Å²) in [6, 6.07) is 7.32. The van der Waals surface area contributed by atoms with Gasteiger partial charge in [0.05, 0.1) is 11.3 Å². The van der Waals surface area contributed by atoms with E-state index in [1.165, 1.54) is 25.2 Å². The second-order valence-corrected chi connectivity index (χ2v) is 8.47. The van der Waals surface area contributed by atoms with Crippen LogP contribution in [0.3, 0.4) is 0 Å². The Morgan fingerprint density at radius 2 is 1.97 bits per heavy atom. The SMILES string of the molecule is Cc1ccc(C(=O)Nc2c[nH]nc2C(=O)CCCc2ccc(OCCN3CCCC3)nc2)cn1. The first kappa shape index (κ1) is 23.6. The van der Waals surface area contributed by atoms with Crippen molar-refractivity contribution in [2.45, 2.75) is 39.0 Å². The average molecular weight is 463 g/mol. The van der Waals surface area contributed by atoms with Gasteiger partial charge in [-0.05, 0) is 63.4 Å². The number of amides is 1. The van der Waals surface area contributed by atoms with E-state index in [-0.39, 0.29) is 17.4 Å². The zero-order chi connectivity index (χ0) is 23.8. The maximum Gasteiger partial charge on any atom is 0.257 e. The third-order valence-corrected chi connectivity index (χ3v) is 5.85. The smallest absolute Gasteiger partial charge is 0.257 e. The molecule has 1 aliphatic heterocycles. The number of H-pyrrole nitrogens is 1. The van der Waals surface area contributed by atoms with E-state index < -0.39 is 0 Å². The summed E-state index contributed by atoms with van der Waals surface area (Å²) in [5, 5.41) is 9.44. The van der Waals surface area contributed by atoms with E-state index in [2.05, 4.69) is 30.4 Å². The first-order chi connectivity index (χ1) is 16.6. The van der Waals surface area contributed by atoms with Gasteiger partial charge in [0.25, 0.3) is 5.91 Å². The minimum Gasteiger partial charge on any atom is -0.476 e. The Morgan fingerprint density at radius 1 is 1.12 bits per heavy atom. The normalized spacial score (nSPS) is 13.7. The molecule has 3 aromatic rings. The molecule has 0 unspecified atom stereocenters. The molecule has 4 heterocycles. The van der Waals surface area contributed by atoms with Gasteiger partial charge in [-0.3, -0.25) is 24.6 Å². The fourth-order valence-electron chi connectivity index (χ4n) is 3.90. The van der Waals surface area contributed by atoms with E-state index in [1.807, 2.05) is 19.1 Å². The van der Waals surface area contributed by atoms with Crippen molar-refractivity contribution in [3.8, 4) is 5.88 Å². The van der Waals surface area contributed by atoms with Crippen molar-refractivity contribution in [3.05, 3.63) is 65.4 Å². The fourth-order valence-corrected chi connectivity index (χ4v) is 3.90. The summed E-state index contributed by atoms with van der Waals surface area (Å²) in [7, 11) is 0. The Balaban J connectivity index is 1.21. The Morgan fingerprint density at radius 3 is 2.71 bits per heavy atom. The number of aromatic amines is 1. The molecule has 1 aliphatic rings. The number of nitrogens with zero attached hydrogens (tertiary/aromatic N) is 4. The lowest BCUT2D eigenvalue weighted by molar-refractivity contribution is 0.0976. The summed E-state index contributed by atoms with van der Waals surface area (Å²) in [5.41, 5.74) is 2.88. The number of aromatic nitrogens is 4. The molecule has 1 amide bonds. The molecule has 34 heavy (non-hydrogen) atoms. The molecule has 0 atom stereocenters. The van der Waals surface area contributed by atoms with E-state index in [1.54, 1.807) is 18.3 Å². The molecule has 9 heteroatoms. The predicted molar refractivity (Wildman–Crippen MR) is 128 cm³/mol. The predicted octanol–water partition coefficient (Wildman–Crippen LogP) is 3.44. The van der Waals surface area contributed by atoms with Gasteiger partial charge in [-0.2, -0.15) is 5.10 Å². The summed E-state index contributed by atoms with van der Waals surface area (Å²) in [6.07, 6.45) is 9.04. The number of pyridine rings is 2. The molecule has 2 N–H and O–H groups in total. The lowest BCUT2D eigenvalue weighted by Crippen LogP contribution is -2.25. The largest absolute Gasteiger partial charge is 0.476 e. The van der Waals surface area contributed by atoms with E-state index in [4.69, 9.17) is 4.74 Å². The molecule has 0 aliphatic carbocycles. The molecule has 4 rings (SSSR count). The topological polar surface area (TPSA) is 113 Å². The number of carbonyl (C=O) groups excluding carboxylic acids is 2. The fraction of sp³-hybridized carbons (Fsp3) is 0.400. The number of anilines is 1. The van der Waals surface area contributed by atoms with Crippen LogP contribution < -0.4 is 10.1 Å². The van der Waals surface area contributed by atoms with Crippen LogP contribution in [0.5, 0.6) is 5.88 Å². The second-order valence-electron chi connectivity index (χ2n) is 8.47. The number of Topliss-reactive ketones (excluding diaryl/α,β-unsaturated/α-hetero) is 1. The van der Waals surface area contributed by atoms with Crippen molar-refractivity contribution in [2.75, 3.05) is 31.6 Å². The molecule has 3 aromatic heterocycles. The number of likely N-dealkylation sites (tertiary alicyclic amines) is 1. The van der Waals surface area contributed by atoms with Gasteiger partial charge in [0.2, 0.25) is 5.88 Å². The van der Waals surface area contributed by atoms with Crippen molar-refractivity contribution in [3.63, 3.8) is 0 Å². The second kappa shape index (κ2) is 11.5. The van der Waals surface area contributed by atoms with Crippen molar-refractivity contribution < 1.29 is 14.3 Å². The maximum atomic E-state index is 12.7. The molecule has 1 fully saturated rings. The number of hydrogen-bond acceptors (Lipinski definition) is 7. The molecule has 0 bridgehead atoms. The standard InChI is InChI=1S/C25H30N6O3/c1-18-7-9-20(16-26-18)25(33)29-21-17-28-30-24(21)22(32)6-4-5-19-8-10-23(27-15-19)34-14-13-31-11-2-3-12-31/h7-10,15-17H,2-6,11-14H2,1H3,(H,28,30)(H,29,33). The monoisotopic (exact) mass is 462 g/mol. The van der Waals surface area contributed by atoms with Crippen LogP contribution in [0.2, 0.25) is 0 Å². The molecule has 178 valence electrons. The number of ketones is 1. The van der Waals surface area contributed by atoms with Gasteiger partial charge in [-0.15, -0.1) is 0 Å². The van der Waals surface area contributed by atoms with Crippen molar-refractivity contribution >= 4 is 17.4 Å². The van der Waals surface area contributed by atoms with Crippen LogP contribution in [0.15, 0.2) is 42.9 Å². The Bertz CT molecular complexity index is 1090. The van der Waals surface area contributed by atoms with E-state index in [0.717, 1.165) is 30.9 Å². The van der Waals surface area contributed by atoms with Gasteiger partial charge in [-0.1, -0.05) is 6.07 Å². The van der Waals surface area contributed by atoms with E-state index in [0.29, 0.717) is 43.0 Å². The van der Waals surface area contributed by atoms with Gasteiger partial charge in [0, 0.05) is 43.3 Å². The van der Waals surface area contributed by atoms with Gasteiger partial charge >= 0.3 is 0 Å². The highest BCUT2D eigenvalue weighted by Gasteiger charge is 2.17. The summed E-state index contributed by atoms with van der Waals surface area (Å²) < 4.78 is 5.74. The summed E-state index contributed by atoms with van der Waals surface area (Å²) in [4.78, 5) is 36.0. The number of carbonyl (C=O) groups is 2. The summed E-state index contributed by atoms with van der Waals surface area (Å²) in [5.74, 6) is 0.157.